The van der Waals surface area contributed by atoms with Gasteiger partial charge in [0.15, 0.2) is 5.52 Å². The van der Waals surface area contributed by atoms with Gasteiger partial charge in [-0.25, -0.2) is 9.97 Å². The Morgan fingerprint density at radius 2 is 2.08 bits per heavy atom. The standard InChI is InChI=1S/C18H17ClN4O3/c1-22-11-21-15-16(22)14(18(24)23-5-7-25-8-6-23)10-20-17(15)26-13-4-2-3-12(19)9-13/h2-4,9-11H,5-8H2,1H3. The molecule has 0 bridgehead atoms. The largest absolute Gasteiger partial charge is 0.437 e. The smallest absolute Gasteiger partial charge is 0.257 e. The summed E-state index contributed by atoms with van der Waals surface area (Å²) in [4.78, 5) is 23.4. The molecule has 1 amide bonds. The Bertz CT molecular complexity index is 966. The van der Waals surface area contributed by atoms with Gasteiger partial charge in [0.2, 0.25) is 5.88 Å². The molecule has 0 saturated carbocycles. The van der Waals surface area contributed by atoms with Gasteiger partial charge in [-0.2, -0.15) is 0 Å². The number of rotatable bonds is 3. The Morgan fingerprint density at radius 3 is 2.85 bits per heavy atom. The van der Waals surface area contributed by atoms with Gasteiger partial charge in [-0.05, 0) is 18.2 Å². The molecular formula is C18H17ClN4O3. The topological polar surface area (TPSA) is 69.5 Å². The highest BCUT2D eigenvalue weighted by atomic mass is 35.5. The van der Waals surface area contributed by atoms with Crippen LogP contribution in [-0.4, -0.2) is 51.6 Å². The van der Waals surface area contributed by atoms with E-state index in [-0.39, 0.29) is 5.91 Å². The highest BCUT2D eigenvalue weighted by molar-refractivity contribution is 6.30. The first kappa shape index (κ1) is 16.8. The van der Waals surface area contributed by atoms with Crippen molar-refractivity contribution in [2.45, 2.75) is 0 Å². The molecule has 7 nitrogen and oxygen atoms in total. The second kappa shape index (κ2) is 6.93. The number of hydrogen-bond donors (Lipinski definition) is 0. The van der Waals surface area contributed by atoms with Crippen LogP contribution >= 0.6 is 11.6 Å². The zero-order chi connectivity index (χ0) is 18.1. The summed E-state index contributed by atoms with van der Waals surface area (Å²) in [6.07, 6.45) is 3.19. The van der Waals surface area contributed by atoms with Gasteiger partial charge in [-0.3, -0.25) is 4.79 Å². The van der Waals surface area contributed by atoms with Crippen LogP contribution in [0.15, 0.2) is 36.8 Å². The predicted octanol–water partition coefficient (Wildman–Crippen LogP) is 2.89. The first-order valence-electron chi connectivity index (χ1n) is 8.24. The van der Waals surface area contributed by atoms with Crippen LogP contribution in [0.1, 0.15) is 10.4 Å². The van der Waals surface area contributed by atoms with Crippen molar-refractivity contribution >= 4 is 28.5 Å². The summed E-state index contributed by atoms with van der Waals surface area (Å²) in [6, 6.07) is 7.05. The van der Waals surface area contributed by atoms with Gasteiger partial charge in [0.25, 0.3) is 5.91 Å². The predicted molar refractivity (Wildman–Crippen MR) is 96.8 cm³/mol. The van der Waals surface area contributed by atoms with E-state index in [1.807, 2.05) is 7.05 Å². The van der Waals surface area contributed by atoms with E-state index < -0.39 is 0 Å². The van der Waals surface area contributed by atoms with Crippen molar-refractivity contribution in [3.05, 3.63) is 47.4 Å². The monoisotopic (exact) mass is 372 g/mol. The lowest BCUT2D eigenvalue weighted by Crippen LogP contribution is -2.40. The Morgan fingerprint density at radius 1 is 1.27 bits per heavy atom. The van der Waals surface area contributed by atoms with E-state index in [0.29, 0.717) is 59.6 Å². The number of halogens is 1. The Hall–Kier alpha value is -2.64. The van der Waals surface area contributed by atoms with Crippen molar-refractivity contribution in [1.29, 1.82) is 0 Å². The van der Waals surface area contributed by atoms with E-state index in [9.17, 15) is 4.79 Å². The average molecular weight is 373 g/mol. The Kier molecular flexibility index (Phi) is 4.48. The number of aromatic nitrogens is 3. The van der Waals surface area contributed by atoms with Crippen molar-refractivity contribution in [3.63, 3.8) is 0 Å². The van der Waals surface area contributed by atoms with E-state index in [1.54, 1.807) is 46.3 Å². The van der Waals surface area contributed by atoms with E-state index >= 15 is 0 Å². The molecule has 134 valence electrons. The second-order valence-electron chi connectivity index (χ2n) is 5.99. The summed E-state index contributed by atoms with van der Waals surface area (Å²) in [5.41, 5.74) is 1.72. The first-order valence-corrected chi connectivity index (χ1v) is 8.62. The minimum absolute atomic E-state index is 0.0799. The third-order valence-corrected chi connectivity index (χ3v) is 4.48. The minimum atomic E-state index is -0.0799. The summed E-state index contributed by atoms with van der Waals surface area (Å²) in [5, 5.41) is 0.568. The molecule has 26 heavy (non-hydrogen) atoms. The van der Waals surface area contributed by atoms with Crippen molar-refractivity contribution in [3.8, 4) is 11.6 Å². The number of nitrogens with zero attached hydrogens (tertiary/aromatic N) is 4. The number of carbonyl (C=O) groups excluding carboxylic acids is 1. The molecule has 0 atom stereocenters. The third kappa shape index (κ3) is 3.11. The number of aryl methyl sites for hydroxylation is 1. The SMILES string of the molecule is Cn1cnc2c(Oc3cccc(Cl)c3)ncc(C(=O)N3CCOCC3)c21. The van der Waals surface area contributed by atoms with Gasteiger partial charge >= 0.3 is 0 Å². The fourth-order valence-corrected chi connectivity index (χ4v) is 3.14. The fourth-order valence-electron chi connectivity index (χ4n) is 2.96. The highest BCUT2D eigenvalue weighted by Crippen LogP contribution is 2.30. The molecule has 1 fully saturated rings. The molecule has 2 aromatic heterocycles. The van der Waals surface area contributed by atoms with E-state index in [0.717, 1.165) is 0 Å². The second-order valence-corrected chi connectivity index (χ2v) is 6.43. The number of morpholine rings is 1. The van der Waals surface area contributed by atoms with Crippen LogP contribution in [-0.2, 0) is 11.8 Å². The number of amides is 1. The van der Waals surface area contributed by atoms with Crippen LogP contribution in [0.3, 0.4) is 0 Å². The number of benzene rings is 1. The van der Waals surface area contributed by atoms with Gasteiger partial charge in [0, 0.05) is 31.4 Å². The lowest BCUT2D eigenvalue weighted by molar-refractivity contribution is 0.0303. The zero-order valence-electron chi connectivity index (χ0n) is 14.2. The molecular weight excluding hydrogens is 356 g/mol. The molecule has 3 heterocycles. The normalized spacial score (nSPS) is 14.6. The van der Waals surface area contributed by atoms with Gasteiger partial charge < -0.3 is 18.9 Å². The van der Waals surface area contributed by atoms with Crippen LogP contribution < -0.4 is 4.74 Å². The molecule has 1 aliphatic heterocycles. The molecule has 4 rings (SSSR count). The Balaban J connectivity index is 1.73. The number of imidazole rings is 1. The van der Waals surface area contributed by atoms with Gasteiger partial charge in [-0.1, -0.05) is 17.7 Å². The summed E-state index contributed by atoms with van der Waals surface area (Å²) >= 11 is 6.01. The summed E-state index contributed by atoms with van der Waals surface area (Å²) in [6.45, 7) is 2.23. The Labute approximate surface area is 155 Å². The highest BCUT2D eigenvalue weighted by Gasteiger charge is 2.24. The molecule has 0 N–H and O–H groups in total. The first-order chi connectivity index (χ1) is 12.6. The fraction of sp³-hybridized carbons (Fsp3) is 0.278. The molecule has 1 aromatic carbocycles. The molecule has 1 aliphatic rings. The summed E-state index contributed by atoms with van der Waals surface area (Å²) in [7, 11) is 1.84. The number of ether oxygens (including phenoxy) is 2. The molecule has 1 saturated heterocycles. The van der Waals surface area contributed by atoms with Crippen LogP contribution in [0.25, 0.3) is 11.0 Å². The molecule has 0 unspecified atom stereocenters. The van der Waals surface area contributed by atoms with Crippen molar-refractivity contribution < 1.29 is 14.3 Å². The molecule has 0 aliphatic carbocycles. The lowest BCUT2D eigenvalue weighted by Gasteiger charge is -2.27. The maximum atomic E-state index is 12.9. The maximum Gasteiger partial charge on any atom is 0.257 e. The number of pyridine rings is 1. The van der Waals surface area contributed by atoms with Crippen LogP contribution in [0, 0.1) is 0 Å². The number of carbonyl (C=O) groups is 1. The number of hydrogen-bond acceptors (Lipinski definition) is 5. The van der Waals surface area contributed by atoms with Gasteiger partial charge in [0.1, 0.15) is 5.75 Å². The molecule has 0 radical (unpaired) electrons. The lowest BCUT2D eigenvalue weighted by atomic mass is 10.2. The number of fused-ring (bicyclic) bond motifs is 1. The quantitative estimate of drug-likeness (QED) is 0.707. The minimum Gasteiger partial charge on any atom is -0.437 e. The van der Waals surface area contributed by atoms with Crippen molar-refractivity contribution in [1.82, 2.24) is 19.4 Å². The van der Waals surface area contributed by atoms with Crippen molar-refractivity contribution in [2.24, 2.45) is 7.05 Å². The molecule has 8 heteroatoms. The summed E-state index contributed by atoms with van der Waals surface area (Å²) < 4.78 is 13.0. The van der Waals surface area contributed by atoms with Crippen molar-refractivity contribution in [2.75, 3.05) is 26.3 Å². The van der Waals surface area contributed by atoms with E-state index in [1.165, 1.54) is 0 Å². The molecule has 0 spiro atoms. The third-order valence-electron chi connectivity index (χ3n) is 4.24. The van der Waals surface area contributed by atoms with Gasteiger partial charge in [0.05, 0.1) is 30.6 Å². The summed E-state index contributed by atoms with van der Waals surface area (Å²) in [5.74, 6) is 0.814. The van der Waals surface area contributed by atoms with Crippen LogP contribution in [0.2, 0.25) is 5.02 Å². The van der Waals surface area contributed by atoms with Gasteiger partial charge in [-0.15, -0.1) is 0 Å². The van der Waals surface area contributed by atoms with E-state index in [2.05, 4.69) is 9.97 Å². The van der Waals surface area contributed by atoms with E-state index in [4.69, 9.17) is 21.1 Å². The zero-order valence-corrected chi connectivity index (χ0v) is 14.9. The maximum absolute atomic E-state index is 12.9. The van der Waals surface area contributed by atoms with Crippen LogP contribution in [0.4, 0.5) is 0 Å². The molecule has 3 aromatic rings. The van der Waals surface area contributed by atoms with Crippen LogP contribution in [0.5, 0.6) is 11.6 Å². The average Bonchev–Trinajstić information content (AvgIpc) is 3.05.